The highest BCUT2D eigenvalue weighted by Crippen LogP contribution is 2.40. The lowest BCUT2D eigenvalue weighted by atomic mass is 10.1. The number of hydrogen-bond donors (Lipinski definition) is 1. The minimum Gasteiger partial charge on any atom is -0.316 e. The summed E-state index contributed by atoms with van der Waals surface area (Å²) in [6.07, 6.45) is 7.79. The van der Waals surface area contributed by atoms with Gasteiger partial charge in [-0.3, -0.25) is 4.79 Å². The summed E-state index contributed by atoms with van der Waals surface area (Å²) in [7, 11) is 1.96. The number of thiophene rings is 1. The second kappa shape index (κ2) is 7.64. The Hall–Kier alpha value is -1.85. The zero-order valence-corrected chi connectivity index (χ0v) is 17.3. The summed E-state index contributed by atoms with van der Waals surface area (Å²) in [4.78, 5) is 14.0. The molecule has 0 unspecified atom stereocenters. The third kappa shape index (κ3) is 3.76. The number of nitrogens with zero attached hydrogens (tertiary/aromatic N) is 4. The Morgan fingerprint density at radius 3 is 2.85 bits per heavy atom. The first-order chi connectivity index (χ1) is 13.1. The number of carbonyl (C=O) groups excluding carboxylic acids is 1. The molecule has 2 aliphatic carbocycles. The van der Waals surface area contributed by atoms with Gasteiger partial charge in [-0.2, -0.15) is 5.26 Å². The van der Waals surface area contributed by atoms with Gasteiger partial charge in [0, 0.05) is 17.8 Å². The van der Waals surface area contributed by atoms with Crippen molar-refractivity contribution in [2.24, 2.45) is 7.05 Å². The van der Waals surface area contributed by atoms with Crippen LogP contribution in [0.2, 0.25) is 0 Å². The van der Waals surface area contributed by atoms with E-state index in [1.165, 1.54) is 35.9 Å². The number of anilines is 1. The van der Waals surface area contributed by atoms with Crippen molar-refractivity contribution >= 4 is 34.0 Å². The fourth-order valence-electron chi connectivity index (χ4n) is 3.50. The number of thioether (sulfide) groups is 1. The number of aromatic nitrogens is 3. The first kappa shape index (κ1) is 18.5. The van der Waals surface area contributed by atoms with Crippen molar-refractivity contribution in [3.8, 4) is 6.07 Å². The van der Waals surface area contributed by atoms with Gasteiger partial charge in [-0.25, -0.2) is 0 Å². The predicted molar refractivity (Wildman–Crippen MR) is 107 cm³/mol. The van der Waals surface area contributed by atoms with E-state index in [0.29, 0.717) is 16.5 Å². The van der Waals surface area contributed by atoms with Crippen LogP contribution in [0.15, 0.2) is 5.16 Å². The second-order valence-electron chi connectivity index (χ2n) is 7.30. The predicted octanol–water partition coefficient (Wildman–Crippen LogP) is 4.01. The standard InChI is InChI=1S/C19H23N5OS2/c1-11(26-19-23-22-16(24(19)2)12-8-9-12)17(25)21-18-14(10-20)13-6-4-3-5-7-15(13)27-18/h11-12H,3-9H2,1-2H3,(H,21,25)/t11-/m1/s1. The molecule has 1 atom stereocenters. The monoisotopic (exact) mass is 401 g/mol. The van der Waals surface area contributed by atoms with Gasteiger partial charge in [0.15, 0.2) is 5.16 Å². The summed E-state index contributed by atoms with van der Waals surface area (Å²) >= 11 is 2.99. The van der Waals surface area contributed by atoms with Crippen LogP contribution in [0.25, 0.3) is 0 Å². The molecule has 0 spiro atoms. The van der Waals surface area contributed by atoms with Gasteiger partial charge in [-0.1, -0.05) is 18.2 Å². The van der Waals surface area contributed by atoms with Crippen molar-refractivity contribution in [3.05, 3.63) is 21.8 Å². The Labute approximate surface area is 167 Å². The highest BCUT2D eigenvalue weighted by atomic mass is 32.2. The Morgan fingerprint density at radius 2 is 2.11 bits per heavy atom. The van der Waals surface area contributed by atoms with E-state index in [0.717, 1.165) is 42.2 Å². The highest BCUT2D eigenvalue weighted by Gasteiger charge is 2.30. The number of amides is 1. The molecule has 0 radical (unpaired) electrons. The summed E-state index contributed by atoms with van der Waals surface area (Å²) < 4.78 is 2.00. The smallest absolute Gasteiger partial charge is 0.238 e. The summed E-state index contributed by atoms with van der Waals surface area (Å²) in [5.41, 5.74) is 1.81. The average molecular weight is 402 g/mol. The van der Waals surface area contributed by atoms with Crippen LogP contribution in [0.3, 0.4) is 0 Å². The molecular formula is C19H23N5OS2. The highest BCUT2D eigenvalue weighted by molar-refractivity contribution is 8.00. The summed E-state index contributed by atoms with van der Waals surface area (Å²) in [5, 5.41) is 22.3. The van der Waals surface area contributed by atoms with E-state index in [1.807, 2.05) is 18.5 Å². The van der Waals surface area contributed by atoms with Crippen LogP contribution in [-0.2, 0) is 24.7 Å². The van der Waals surface area contributed by atoms with Crippen molar-refractivity contribution in [2.45, 2.75) is 68.2 Å². The molecule has 0 aliphatic heterocycles. The van der Waals surface area contributed by atoms with E-state index in [4.69, 9.17) is 0 Å². The number of rotatable bonds is 5. The molecule has 2 aromatic rings. The average Bonchev–Trinajstić information content (AvgIpc) is 3.40. The van der Waals surface area contributed by atoms with E-state index >= 15 is 0 Å². The Morgan fingerprint density at radius 1 is 1.33 bits per heavy atom. The van der Waals surface area contributed by atoms with Gasteiger partial charge < -0.3 is 9.88 Å². The molecule has 1 fully saturated rings. The maximum Gasteiger partial charge on any atom is 0.238 e. The van der Waals surface area contributed by atoms with Crippen LogP contribution in [0, 0.1) is 11.3 Å². The molecule has 1 amide bonds. The van der Waals surface area contributed by atoms with Crippen LogP contribution < -0.4 is 5.32 Å². The lowest BCUT2D eigenvalue weighted by Gasteiger charge is -2.11. The molecule has 2 aromatic heterocycles. The normalized spacial score (nSPS) is 17.7. The molecule has 0 saturated heterocycles. The molecule has 6 nitrogen and oxygen atoms in total. The molecule has 8 heteroatoms. The maximum atomic E-state index is 12.7. The van der Waals surface area contributed by atoms with Gasteiger partial charge in [0.1, 0.15) is 16.9 Å². The number of nitrogens with one attached hydrogen (secondary N) is 1. The summed E-state index contributed by atoms with van der Waals surface area (Å²) in [6, 6.07) is 2.32. The first-order valence-corrected chi connectivity index (χ1v) is 11.2. The van der Waals surface area contributed by atoms with Gasteiger partial charge in [-0.05, 0) is 51.0 Å². The third-order valence-corrected chi connectivity index (χ3v) is 7.57. The minimum absolute atomic E-state index is 0.0936. The van der Waals surface area contributed by atoms with Crippen LogP contribution in [0.5, 0.6) is 0 Å². The minimum atomic E-state index is -0.312. The van der Waals surface area contributed by atoms with E-state index in [2.05, 4.69) is 21.6 Å². The fourth-order valence-corrected chi connectivity index (χ4v) is 5.56. The van der Waals surface area contributed by atoms with Crippen molar-refractivity contribution < 1.29 is 4.79 Å². The van der Waals surface area contributed by atoms with E-state index in [-0.39, 0.29) is 11.2 Å². The van der Waals surface area contributed by atoms with Gasteiger partial charge in [0.2, 0.25) is 5.91 Å². The molecule has 0 bridgehead atoms. The molecule has 1 N–H and O–H groups in total. The zero-order chi connectivity index (χ0) is 19.0. The SMILES string of the molecule is C[C@@H](Sc1nnc(C2CC2)n1C)C(=O)Nc1sc2c(c1C#N)CCCCC2. The molecule has 0 aromatic carbocycles. The van der Waals surface area contributed by atoms with Gasteiger partial charge in [-0.15, -0.1) is 21.5 Å². The van der Waals surface area contributed by atoms with Crippen LogP contribution >= 0.6 is 23.1 Å². The van der Waals surface area contributed by atoms with Crippen molar-refractivity contribution in [2.75, 3.05) is 5.32 Å². The molecule has 142 valence electrons. The molecule has 2 aliphatic rings. The number of carbonyl (C=O) groups is 1. The van der Waals surface area contributed by atoms with Crippen molar-refractivity contribution in [3.63, 3.8) is 0 Å². The third-order valence-electron chi connectivity index (χ3n) is 5.23. The van der Waals surface area contributed by atoms with Crippen LogP contribution in [0.4, 0.5) is 5.00 Å². The Kier molecular flexibility index (Phi) is 5.24. The quantitative estimate of drug-likeness (QED) is 0.604. The molecule has 27 heavy (non-hydrogen) atoms. The Bertz CT molecular complexity index is 906. The largest absolute Gasteiger partial charge is 0.316 e. The van der Waals surface area contributed by atoms with Crippen molar-refractivity contribution in [1.29, 1.82) is 5.26 Å². The molecule has 4 rings (SSSR count). The molecule has 1 saturated carbocycles. The fraction of sp³-hybridized carbons (Fsp3) is 0.579. The summed E-state index contributed by atoms with van der Waals surface area (Å²) in [6.45, 7) is 1.87. The van der Waals surface area contributed by atoms with Crippen molar-refractivity contribution in [1.82, 2.24) is 14.8 Å². The van der Waals surface area contributed by atoms with Gasteiger partial charge in [0.25, 0.3) is 0 Å². The molecular weight excluding hydrogens is 378 g/mol. The topological polar surface area (TPSA) is 83.6 Å². The van der Waals surface area contributed by atoms with E-state index < -0.39 is 0 Å². The Balaban J connectivity index is 1.46. The lowest BCUT2D eigenvalue weighted by Crippen LogP contribution is -2.22. The first-order valence-electron chi connectivity index (χ1n) is 9.50. The van der Waals surface area contributed by atoms with Gasteiger partial charge >= 0.3 is 0 Å². The number of hydrogen-bond acceptors (Lipinski definition) is 6. The van der Waals surface area contributed by atoms with Crippen LogP contribution in [-0.4, -0.2) is 25.9 Å². The summed E-state index contributed by atoms with van der Waals surface area (Å²) in [5.74, 6) is 1.45. The zero-order valence-electron chi connectivity index (χ0n) is 15.6. The second-order valence-corrected chi connectivity index (χ2v) is 9.72. The lowest BCUT2D eigenvalue weighted by molar-refractivity contribution is -0.115. The molecule has 2 heterocycles. The van der Waals surface area contributed by atoms with E-state index in [1.54, 1.807) is 11.3 Å². The van der Waals surface area contributed by atoms with Crippen LogP contribution in [0.1, 0.15) is 66.8 Å². The van der Waals surface area contributed by atoms with E-state index in [9.17, 15) is 10.1 Å². The number of aryl methyl sites for hydroxylation is 1. The van der Waals surface area contributed by atoms with Gasteiger partial charge in [0.05, 0.1) is 10.8 Å². The number of nitriles is 1. The maximum absolute atomic E-state index is 12.7. The number of fused-ring (bicyclic) bond motifs is 1.